The molecule has 1 atom stereocenters. The van der Waals surface area contributed by atoms with Gasteiger partial charge in [0.15, 0.2) is 0 Å². The van der Waals surface area contributed by atoms with E-state index in [4.69, 9.17) is 0 Å². The first-order chi connectivity index (χ1) is 8.46. The van der Waals surface area contributed by atoms with Crippen molar-refractivity contribution >= 4 is 10.0 Å². The van der Waals surface area contributed by atoms with Crippen LogP contribution in [0.4, 0.5) is 0 Å². The van der Waals surface area contributed by atoms with Crippen molar-refractivity contribution in [3.8, 4) is 0 Å². The summed E-state index contributed by atoms with van der Waals surface area (Å²) in [6.45, 7) is 3.20. The summed E-state index contributed by atoms with van der Waals surface area (Å²) in [5.74, 6) is 0. The highest BCUT2D eigenvalue weighted by Crippen LogP contribution is 2.31. The molecule has 0 amide bonds. The zero-order chi connectivity index (χ0) is 13.2. The third kappa shape index (κ3) is 3.54. The van der Waals surface area contributed by atoms with E-state index in [1.165, 1.54) is 22.9 Å². The summed E-state index contributed by atoms with van der Waals surface area (Å²) >= 11 is 0. The van der Waals surface area contributed by atoms with E-state index < -0.39 is 10.0 Å². The lowest BCUT2D eigenvalue weighted by atomic mass is 10.1. The zero-order valence-corrected chi connectivity index (χ0v) is 11.7. The van der Waals surface area contributed by atoms with Gasteiger partial charge in [-0.2, -0.15) is 0 Å². The van der Waals surface area contributed by atoms with Crippen LogP contribution in [0, 0.1) is 6.92 Å². The lowest BCUT2D eigenvalue weighted by molar-refractivity contribution is 0.526. The van der Waals surface area contributed by atoms with Crippen LogP contribution >= 0.6 is 0 Å². The fraction of sp³-hybridized carbons (Fsp3) is 0.538. The van der Waals surface area contributed by atoms with E-state index in [0.717, 1.165) is 12.8 Å². The Kier molecular flexibility index (Phi) is 4.04. The van der Waals surface area contributed by atoms with Crippen LogP contribution in [0.5, 0.6) is 0 Å². The smallest absolute Gasteiger partial charge is 0.208 e. The Labute approximate surface area is 109 Å². The van der Waals surface area contributed by atoms with Crippen LogP contribution in [0.2, 0.25) is 0 Å². The van der Waals surface area contributed by atoms with Gasteiger partial charge in [-0.05, 0) is 30.9 Å². The molecule has 1 aliphatic rings. The Morgan fingerprint density at radius 3 is 2.83 bits per heavy atom. The van der Waals surface area contributed by atoms with Crippen molar-refractivity contribution < 1.29 is 8.42 Å². The summed E-state index contributed by atoms with van der Waals surface area (Å²) in [6, 6.07) is 6.93. The highest BCUT2D eigenvalue weighted by molar-refractivity contribution is 7.88. The lowest BCUT2D eigenvalue weighted by Gasteiger charge is -2.14. The van der Waals surface area contributed by atoms with Crippen molar-refractivity contribution in [2.24, 2.45) is 0 Å². The number of hydrogen-bond acceptors (Lipinski definition) is 3. The number of nitrogens with one attached hydrogen (secondary N) is 2. The van der Waals surface area contributed by atoms with E-state index in [2.05, 4.69) is 35.2 Å². The topological polar surface area (TPSA) is 58.2 Å². The second-order valence-corrected chi connectivity index (χ2v) is 6.75. The van der Waals surface area contributed by atoms with Gasteiger partial charge in [-0.25, -0.2) is 13.1 Å². The van der Waals surface area contributed by atoms with Gasteiger partial charge in [-0.1, -0.05) is 23.8 Å². The molecule has 0 saturated carbocycles. The summed E-state index contributed by atoms with van der Waals surface area (Å²) in [5, 5.41) is 3.41. The van der Waals surface area contributed by atoms with E-state index in [1.54, 1.807) is 0 Å². The molecular formula is C13H20N2O2S. The summed E-state index contributed by atoms with van der Waals surface area (Å²) < 4.78 is 24.4. The van der Waals surface area contributed by atoms with Gasteiger partial charge in [0.05, 0.1) is 6.26 Å². The van der Waals surface area contributed by atoms with Gasteiger partial charge in [-0.15, -0.1) is 0 Å². The van der Waals surface area contributed by atoms with E-state index in [0.29, 0.717) is 19.1 Å². The molecule has 2 N–H and O–H groups in total. The number of fused-ring (bicyclic) bond motifs is 1. The summed E-state index contributed by atoms with van der Waals surface area (Å²) in [7, 11) is -3.08. The Morgan fingerprint density at radius 2 is 2.11 bits per heavy atom. The number of rotatable bonds is 5. The zero-order valence-electron chi connectivity index (χ0n) is 10.9. The van der Waals surface area contributed by atoms with Gasteiger partial charge in [0.1, 0.15) is 0 Å². The molecule has 1 aliphatic carbocycles. The van der Waals surface area contributed by atoms with Crippen LogP contribution in [-0.2, 0) is 16.4 Å². The molecule has 4 nitrogen and oxygen atoms in total. The second-order valence-electron chi connectivity index (χ2n) is 4.91. The monoisotopic (exact) mass is 268 g/mol. The summed E-state index contributed by atoms with van der Waals surface area (Å²) in [6.07, 6.45) is 3.38. The summed E-state index contributed by atoms with van der Waals surface area (Å²) in [4.78, 5) is 0. The molecule has 2 rings (SSSR count). The number of aryl methyl sites for hydroxylation is 2. The highest BCUT2D eigenvalue weighted by Gasteiger charge is 2.21. The molecule has 1 unspecified atom stereocenters. The van der Waals surface area contributed by atoms with Crippen LogP contribution in [0.15, 0.2) is 18.2 Å². The summed E-state index contributed by atoms with van der Waals surface area (Å²) in [5.41, 5.74) is 4.06. The Bertz CT molecular complexity index is 526. The predicted molar refractivity (Wildman–Crippen MR) is 73.1 cm³/mol. The van der Waals surface area contributed by atoms with E-state index in [1.807, 2.05) is 0 Å². The molecular weight excluding hydrogens is 248 g/mol. The fourth-order valence-corrected chi connectivity index (χ4v) is 2.89. The standard InChI is InChI=1S/C13H20N2O2S/c1-10-3-4-11-5-6-13(12(11)9-10)14-7-8-15-18(2,16)17/h3-4,9,13-15H,5-8H2,1-2H3. The van der Waals surface area contributed by atoms with Crippen molar-refractivity contribution in [2.45, 2.75) is 25.8 Å². The minimum atomic E-state index is -3.08. The van der Waals surface area contributed by atoms with E-state index in [-0.39, 0.29) is 0 Å². The van der Waals surface area contributed by atoms with Crippen molar-refractivity contribution in [3.63, 3.8) is 0 Å². The molecule has 5 heteroatoms. The predicted octanol–water partition coefficient (Wildman–Crippen LogP) is 1.12. The SMILES string of the molecule is Cc1ccc2c(c1)C(NCCNS(C)(=O)=O)CC2. The first kappa shape index (κ1) is 13.5. The quantitative estimate of drug-likeness (QED) is 0.787. The third-order valence-electron chi connectivity index (χ3n) is 3.26. The van der Waals surface area contributed by atoms with Crippen LogP contribution in [0.25, 0.3) is 0 Å². The van der Waals surface area contributed by atoms with E-state index in [9.17, 15) is 8.42 Å². The molecule has 0 aliphatic heterocycles. The van der Waals surface area contributed by atoms with Crippen molar-refractivity contribution in [1.82, 2.24) is 10.0 Å². The average molecular weight is 268 g/mol. The second kappa shape index (κ2) is 5.38. The average Bonchev–Trinajstić information content (AvgIpc) is 2.66. The molecule has 0 aromatic heterocycles. The normalized spacial score (nSPS) is 18.9. The number of hydrogen-bond donors (Lipinski definition) is 2. The maximum absolute atomic E-state index is 10.9. The van der Waals surface area contributed by atoms with Gasteiger partial charge in [-0.3, -0.25) is 0 Å². The number of benzene rings is 1. The van der Waals surface area contributed by atoms with E-state index >= 15 is 0 Å². The van der Waals surface area contributed by atoms with Crippen LogP contribution < -0.4 is 10.0 Å². The maximum atomic E-state index is 10.9. The largest absolute Gasteiger partial charge is 0.309 e. The van der Waals surface area contributed by atoms with Crippen LogP contribution in [0.3, 0.4) is 0 Å². The van der Waals surface area contributed by atoms with Crippen LogP contribution in [-0.4, -0.2) is 27.8 Å². The molecule has 1 aromatic carbocycles. The van der Waals surface area contributed by atoms with Gasteiger partial charge in [0, 0.05) is 19.1 Å². The molecule has 0 saturated heterocycles. The van der Waals surface area contributed by atoms with Gasteiger partial charge in [0.25, 0.3) is 0 Å². The Hall–Kier alpha value is -0.910. The molecule has 18 heavy (non-hydrogen) atoms. The molecule has 0 fully saturated rings. The molecule has 0 spiro atoms. The fourth-order valence-electron chi connectivity index (χ4n) is 2.42. The molecule has 0 bridgehead atoms. The van der Waals surface area contributed by atoms with Gasteiger partial charge >= 0.3 is 0 Å². The molecule has 100 valence electrons. The highest BCUT2D eigenvalue weighted by atomic mass is 32.2. The maximum Gasteiger partial charge on any atom is 0.208 e. The number of sulfonamides is 1. The minimum Gasteiger partial charge on any atom is -0.309 e. The minimum absolute atomic E-state index is 0.362. The molecule has 0 heterocycles. The van der Waals surface area contributed by atoms with Crippen molar-refractivity contribution in [3.05, 3.63) is 34.9 Å². The lowest BCUT2D eigenvalue weighted by Crippen LogP contribution is -2.32. The van der Waals surface area contributed by atoms with Gasteiger partial charge in [0.2, 0.25) is 10.0 Å². The van der Waals surface area contributed by atoms with Crippen molar-refractivity contribution in [2.75, 3.05) is 19.3 Å². The third-order valence-corrected chi connectivity index (χ3v) is 3.99. The first-order valence-corrected chi connectivity index (χ1v) is 8.12. The van der Waals surface area contributed by atoms with Crippen molar-refractivity contribution in [1.29, 1.82) is 0 Å². The Balaban J connectivity index is 1.88. The Morgan fingerprint density at radius 1 is 1.33 bits per heavy atom. The first-order valence-electron chi connectivity index (χ1n) is 6.23. The van der Waals surface area contributed by atoms with Gasteiger partial charge < -0.3 is 5.32 Å². The molecule has 0 radical (unpaired) electrons. The van der Waals surface area contributed by atoms with Crippen LogP contribution in [0.1, 0.15) is 29.2 Å². The molecule has 1 aromatic rings.